The van der Waals surface area contributed by atoms with Crippen LogP contribution in [0.3, 0.4) is 0 Å². The van der Waals surface area contributed by atoms with Gasteiger partial charge in [0.25, 0.3) is 0 Å². The zero-order chi connectivity index (χ0) is 12.4. The zero-order valence-electron chi connectivity index (χ0n) is 11.3. The molecule has 2 heteroatoms. The van der Waals surface area contributed by atoms with E-state index in [0.717, 1.165) is 38.0 Å². The maximum Gasteiger partial charge on any atom is 0.0639 e. The molecular weight excluding hydrogens is 198 g/mol. The number of hydrogen-bond donors (Lipinski definition) is 1. The third-order valence-corrected chi connectivity index (χ3v) is 2.87. The summed E-state index contributed by atoms with van der Waals surface area (Å²) in [5, 5.41) is 8.85. The van der Waals surface area contributed by atoms with E-state index >= 15 is 0 Å². The predicted molar refractivity (Wildman–Crippen MR) is 71.6 cm³/mol. The Balaban J connectivity index is 3.87. The van der Waals surface area contributed by atoms with Crippen molar-refractivity contribution in [3.05, 3.63) is 23.3 Å². The number of allylic oxidation sites excluding steroid dienone is 2. The summed E-state index contributed by atoms with van der Waals surface area (Å²) in [5.41, 5.74) is 2.51. The lowest BCUT2D eigenvalue weighted by molar-refractivity contribution is 0.331. The summed E-state index contributed by atoms with van der Waals surface area (Å²) in [4.78, 5) is 2.40. The molecule has 1 N–H and O–H groups in total. The summed E-state index contributed by atoms with van der Waals surface area (Å²) in [5.74, 6) is 0. The molecule has 94 valence electrons. The van der Waals surface area contributed by atoms with E-state index in [0.29, 0.717) is 0 Å². The van der Waals surface area contributed by atoms with Crippen molar-refractivity contribution < 1.29 is 5.11 Å². The number of rotatable bonds is 8. The van der Waals surface area contributed by atoms with Gasteiger partial charge in [0.1, 0.15) is 0 Å². The van der Waals surface area contributed by atoms with Crippen molar-refractivity contribution in [3.63, 3.8) is 0 Å². The molecule has 0 unspecified atom stereocenters. The van der Waals surface area contributed by atoms with Crippen LogP contribution in [0.15, 0.2) is 23.3 Å². The van der Waals surface area contributed by atoms with E-state index in [-0.39, 0.29) is 6.61 Å². The molecule has 0 aromatic heterocycles. The molecule has 0 aliphatic carbocycles. The third kappa shape index (κ3) is 7.66. The van der Waals surface area contributed by atoms with Gasteiger partial charge in [-0.1, -0.05) is 37.1 Å². The monoisotopic (exact) mass is 225 g/mol. The van der Waals surface area contributed by atoms with Crippen LogP contribution in [0.2, 0.25) is 0 Å². The Labute approximate surface area is 101 Å². The second kappa shape index (κ2) is 9.61. The molecule has 0 saturated carbocycles. The van der Waals surface area contributed by atoms with Gasteiger partial charge in [-0.2, -0.15) is 0 Å². The van der Waals surface area contributed by atoms with Gasteiger partial charge < -0.3 is 10.0 Å². The van der Waals surface area contributed by atoms with Crippen LogP contribution in [0.4, 0.5) is 0 Å². The zero-order valence-corrected chi connectivity index (χ0v) is 11.3. The second-order valence-electron chi connectivity index (χ2n) is 4.28. The van der Waals surface area contributed by atoms with Crippen LogP contribution < -0.4 is 0 Å². The van der Waals surface area contributed by atoms with Gasteiger partial charge in [0.2, 0.25) is 0 Å². The van der Waals surface area contributed by atoms with Crippen molar-refractivity contribution >= 4 is 0 Å². The van der Waals surface area contributed by atoms with Crippen LogP contribution in [0.1, 0.15) is 40.5 Å². The van der Waals surface area contributed by atoms with Crippen molar-refractivity contribution in [2.45, 2.75) is 40.5 Å². The van der Waals surface area contributed by atoms with Crippen molar-refractivity contribution in [2.24, 2.45) is 0 Å². The highest BCUT2D eigenvalue weighted by atomic mass is 16.3. The van der Waals surface area contributed by atoms with Crippen LogP contribution in [0, 0.1) is 0 Å². The molecule has 0 bridgehead atoms. The predicted octanol–water partition coefficient (Wildman–Crippen LogP) is 2.99. The normalized spacial score (nSPS) is 13.6. The molecule has 0 rings (SSSR count). The van der Waals surface area contributed by atoms with Crippen LogP contribution in [-0.4, -0.2) is 36.2 Å². The summed E-state index contributed by atoms with van der Waals surface area (Å²) in [7, 11) is 0. The summed E-state index contributed by atoms with van der Waals surface area (Å²) in [6, 6.07) is 0. The van der Waals surface area contributed by atoms with Gasteiger partial charge in [-0.15, -0.1) is 0 Å². The molecule has 0 fully saturated rings. The van der Waals surface area contributed by atoms with E-state index in [9.17, 15) is 0 Å². The Morgan fingerprint density at radius 1 is 1.06 bits per heavy atom. The topological polar surface area (TPSA) is 23.5 Å². The molecule has 0 aliphatic rings. The highest BCUT2D eigenvalue weighted by Gasteiger charge is 1.96. The van der Waals surface area contributed by atoms with Crippen LogP contribution >= 0.6 is 0 Å². The van der Waals surface area contributed by atoms with Gasteiger partial charge >= 0.3 is 0 Å². The average Bonchev–Trinajstić information content (AvgIpc) is 2.30. The van der Waals surface area contributed by atoms with E-state index in [1.54, 1.807) is 0 Å². The minimum atomic E-state index is 0.183. The molecule has 0 aliphatic heterocycles. The number of likely N-dealkylation sites (N-methyl/N-ethyl adjacent to an activating group) is 1. The number of nitrogens with zero attached hydrogens (tertiary/aromatic N) is 1. The SMILES string of the molecule is CCN(CC)CC=C(C)CCC=C(C)CO. The van der Waals surface area contributed by atoms with E-state index in [1.165, 1.54) is 5.57 Å². The molecule has 0 amide bonds. The Bertz CT molecular complexity index is 227. The van der Waals surface area contributed by atoms with Crippen LogP contribution in [-0.2, 0) is 0 Å². The standard InChI is InChI=1S/C14H27NO/c1-5-15(6-2)11-10-13(3)8-7-9-14(4)12-16/h9-10,16H,5-8,11-12H2,1-4H3. The van der Waals surface area contributed by atoms with E-state index < -0.39 is 0 Å². The molecule has 0 heterocycles. The highest BCUT2D eigenvalue weighted by molar-refractivity contribution is 5.04. The van der Waals surface area contributed by atoms with Crippen LogP contribution in [0.5, 0.6) is 0 Å². The molecule has 0 aromatic carbocycles. The quantitative estimate of drug-likeness (QED) is 0.642. The van der Waals surface area contributed by atoms with Gasteiger partial charge in [-0.25, -0.2) is 0 Å². The van der Waals surface area contributed by atoms with Crippen molar-refractivity contribution in [2.75, 3.05) is 26.2 Å². The molecule has 0 aromatic rings. The van der Waals surface area contributed by atoms with Crippen molar-refractivity contribution in [1.82, 2.24) is 4.90 Å². The van der Waals surface area contributed by atoms with Crippen molar-refractivity contribution in [3.8, 4) is 0 Å². The molecule has 0 spiro atoms. The summed E-state index contributed by atoms with van der Waals surface area (Å²) < 4.78 is 0. The Hall–Kier alpha value is -0.600. The number of aliphatic hydroxyl groups is 1. The Kier molecular flexibility index (Phi) is 9.25. The maximum atomic E-state index is 8.85. The lowest BCUT2D eigenvalue weighted by Gasteiger charge is -2.15. The first kappa shape index (κ1) is 15.4. The molecule has 16 heavy (non-hydrogen) atoms. The first-order chi connectivity index (χ1) is 7.63. The van der Waals surface area contributed by atoms with Gasteiger partial charge in [-0.05, 0) is 39.8 Å². The smallest absolute Gasteiger partial charge is 0.0639 e. The van der Waals surface area contributed by atoms with Gasteiger partial charge in [-0.3, -0.25) is 0 Å². The lowest BCUT2D eigenvalue weighted by Crippen LogP contribution is -2.22. The third-order valence-electron chi connectivity index (χ3n) is 2.87. The molecule has 0 saturated heterocycles. The minimum absolute atomic E-state index is 0.183. The van der Waals surface area contributed by atoms with Gasteiger partial charge in [0.15, 0.2) is 0 Å². The molecular formula is C14H27NO. The van der Waals surface area contributed by atoms with Gasteiger partial charge in [0.05, 0.1) is 6.61 Å². The fourth-order valence-electron chi connectivity index (χ4n) is 1.48. The largest absolute Gasteiger partial charge is 0.392 e. The summed E-state index contributed by atoms with van der Waals surface area (Å²) >= 11 is 0. The number of aliphatic hydroxyl groups excluding tert-OH is 1. The fraction of sp³-hybridized carbons (Fsp3) is 0.714. The van der Waals surface area contributed by atoms with E-state index in [2.05, 4.69) is 37.8 Å². The second-order valence-corrected chi connectivity index (χ2v) is 4.28. The summed E-state index contributed by atoms with van der Waals surface area (Å²) in [6.07, 6.45) is 6.56. The first-order valence-electron chi connectivity index (χ1n) is 6.28. The van der Waals surface area contributed by atoms with Gasteiger partial charge in [0, 0.05) is 6.54 Å². The molecule has 0 atom stereocenters. The van der Waals surface area contributed by atoms with E-state index in [1.807, 2.05) is 6.92 Å². The number of hydrogen-bond acceptors (Lipinski definition) is 2. The summed E-state index contributed by atoms with van der Waals surface area (Å²) in [6.45, 7) is 12.0. The highest BCUT2D eigenvalue weighted by Crippen LogP contribution is 2.06. The molecule has 2 nitrogen and oxygen atoms in total. The van der Waals surface area contributed by atoms with Crippen LogP contribution in [0.25, 0.3) is 0 Å². The Morgan fingerprint density at radius 3 is 2.19 bits per heavy atom. The Morgan fingerprint density at radius 2 is 1.69 bits per heavy atom. The average molecular weight is 225 g/mol. The maximum absolute atomic E-state index is 8.85. The van der Waals surface area contributed by atoms with Crippen molar-refractivity contribution in [1.29, 1.82) is 0 Å². The van der Waals surface area contributed by atoms with E-state index in [4.69, 9.17) is 5.11 Å². The first-order valence-corrected chi connectivity index (χ1v) is 6.28. The minimum Gasteiger partial charge on any atom is -0.392 e. The lowest BCUT2D eigenvalue weighted by atomic mass is 10.1. The fourth-order valence-corrected chi connectivity index (χ4v) is 1.48. The molecule has 0 radical (unpaired) electrons.